The van der Waals surface area contributed by atoms with Gasteiger partial charge in [-0.3, -0.25) is 9.59 Å². The van der Waals surface area contributed by atoms with E-state index in [1.54, 1.807) is 11.8 Å². The summed E-state index contributed by atoms with van der Waals surface area (Å²) in [6.45, 7) is 2.91. The average molecular weight is 443 g/mol. The number of ether oxygens (including phenoxy) is 3. The minimum atomic E-state index is -0.457. The molecule has 1 saturated heterocycles. The molecule has 2 atom stereocenters. The van der Waals surface area contributed by atoms with Crippen LogP contribution in [-0.4, -0.2) is 60.0 Å². The second-order valence-corrected chi connectivity index (χ2v) is 8.13. The van der Waals surface area contributed by atoms with E-state index in [0.717, 1.165) is 12.8 Å². The summed E-state index contributed by atoms with van der Waals surface area (Å²) in [4.78, 5) is 35.9. The number of likely N-dealkylation sites (tertiary alicyclic amines) is 1. The van der Waals surface area contributed by atoms with Crippen molar-refractivity contribution >= 4 is 11.7 Å². The number of ketones is 1. The predicted molar refractivity (Wildman–Crippen MR) is 113 cm³/mol. The number of benzene rings is 1. The summed E-state index contributed by atoms with van der Waals surface area (Å²) < 4.78 is 29.9. The topological polar surface area (TPSA) is 90.9 Å². The largest absolute Gasteiger partial charge is 0.489 e. The maximum absolute atomic E-state index is 13.5. The fourth-order valence-corrected chi connectivity index (χ4v) is 4.39. The van der Waals surface area contributed by atoms with Crippen LogP contribution in [0.3, 0.4) is 0 Å². The third-order valence-corrected chi connectivity index (χ3v) is 6.10. The third kappa shape index (κ3) is 4.37. The molecule has 1 aromatic heterocycles. The second-order valence-electron chi connectivity index (χ2n) is 8.13. The third-order valence-electron chi connectivity index (χ3n) is 6.10. The lowest BCUT2D eigenvalue weighted by Gasteiger charge is -2.38. The molecule has 170 valence electrons. The van der Waals surface area contributed by atoms with Gasteiger partial charge in [0.1, 0.15) is 17.7 Å². The first-order chi connectivity index (χ1) is 15.4. The number of carbonyl (C=O) groups is 2. The van der Waals surface area contributed by atoms with Gasteiger partial charge >= 0.3 is 6.01 Å². The van der Waals surface area contributed by atoms with E-state index in [4.69, 9.17) is 14.2 Å². The number of nitrogens with zero attached hydrogens (tertiary/aromatic N) is 3. The van der Waals surface area contributed by atoms with Gasteiger partial charge in [0, 0.05) is 31.0 Å². The van der Waals surface area contributed by atoms with Gasteiger partial charge in [0.05, 0.1) is 31.9 Å². The quantitative estimate of drug-likeness (QED) is 0.702. The van der Waals surface area contributed by atoms with Crippen LogP contribution in [-0.2, 0) is 11.2 Å². The molecular weight excluding hydrogens is 417 g/mol. The number of aryl methyl sites for hydroxylation is 1. The standard InChI is InChI=1S/C23H26FN3O5/c1-13-16(22(30-2)26-23(25-13)31-3)10-21(29)27-8-4-5-14(12-27)20-11-18(28)17-9-15(24)6-7-19(17)32-20/h6-7,9,14,20H,4-5,8,10-12H2,1-3H3/t14-,20+/m0/s1. The van der Waals surface area contributed by atoms with Gasteiger partial charge in [0.15, 0.2) is 5.78 Å². The van der Waals surface area contributed by atoms with Gasteiger partial charge in [-0.2, -0.15) is 4.98 Å². The maximum Gasteiger partial charge on any atom is 0.319 e. The Morgan fingerprint density at radius 1 is 1.28 bits per heavy atom. The zero-order chi connectivity index (χ0) is 22.8. The molecule has 0 spiro atoms. The molecule has 0 saturated carbocycles. The highest BCUT2D eigenvalue weighted by atomic mass is 19.1. The SMILES string of the molecule is COc1nc(C)c(CC(=O)N2CCC[C@H]([C@H]3CC(=O)c4cc(F)ccc4O3)C2)c(OC)n1. The lowest BCUT2D eigenvalue weighted by molar-refractivity contribution is -0.133. The number of halogens is 1. The van der Waals surface area contributed by atoms with Crippen molar-refractivity contribution in [2.24, 2.45) is 5.92 Å². The number of hydrogen-bond donors (Lipinski definition) is 0. The van der Waals surface area contributed by atoms with E-state index in [2.05, 4.69) is 9.97 Å². The molecule has 9 heteroatoms. The van der Waals surface area contributed by atoms with Crippen molar-refractivity contribution in [2.45, 2.75) is 38.7 Å². The number of hydrogen-bond acceptors (Lipinski definition) is 7. The van der Waals surface area contributed by atoms with Crippen LogP contribution < -0.4 is 14.2 Å². The maximum atomic E-state index is 13.5. The monoisotopic (exact) mass is 443 g/mol. The van der Waals surface area contributed by atoms with Crippen LogP contribution >= 0.6 is 0 Å². The highest BCUT2D eigenvalue weighted by molar-refractivity contribution is 5.99. The lowest BCUT2D eigenvalue weighted by Crippen LogP contribution is -2.47. The predicted octanol–water partition coefficient (Wildman–Crippen LogP) is 2.76. The van der Waals surface area contributed by atoms with Crippen molar-refractivity contribution in [1.82, 2.24) is 14.9 Å². The smallest absolute Gasteiger partial charge is 0.319 e. The first-order valence-corrected chi connectivity index (χ1v) is 10.6. The van der Waals surface area contributed by atoms with Crippen LogP contribution in [0.1, 0.15) is 40.9 Å². The van der Waals surface area contributed by atoms with E-state index in [9.17, 15) is 14.0 Å². The van der Waals surface area contributed by atoms with E-state index in [1.165, 1.54) is 32.4 Å². The van der Waals surface area contributed by atoms with Crippen LogP contribution in [0.25, 0.3) is 0 Å². The molecule has 8 nitrogen and oxygen atoms in total. The van der Waals surface area contributed by atoms with E-state index >= 15 is 0 Å². The fourth-order valence-electron chi connectivity index (χ4n) is 4.39. The molecule has 0 bridgehead atoms. The Hall–Kier alpha value is -3.23. The molecule has 4 rings (SSSR count). The molecule has 0 N–H and O–H groups in total. The summed E-state index contributed by atoms with van der Waals surface area (Å²) in [6, 6.07) is 4.20. The number of aromatic nitrogens is 2. The van der Waals surface area contributed by atoms with Crippen LogP contribution in [0.4, 0.5) is 4.39 Å². The first kappa shape index (κ1) is 22.0. The molecule has 1 amide bonds. The zero-order valence-electron chi connectivity index (χ0n) is 18.4. The first-order valence-electron chi connectivity index (χ1n) is 10.6. The Balaban J connectivity index is 1.46. The van der Waals surface area contributed by atoms with Crippen molar-refractivity contribution in [1.29, 1.82) is 0 Å². The number of fused-ring (bicyclic) bond motifs is 1. The molecule has 32 heavy (non-hydrogen) atoms. The number of piperidine rings is 1. The molecule has 2 aliphatic heterocycles. The van der Waals surface area contributed by atoms with Crippen molar-refractivity contribution in [2.75, 3.05) is 27.3 Å². The van der Waals surface area contributed by atoms with E-state index < -0.39 is 5.82 Å². The highest BCUT2D eigenvalue weighted by Gasteiger charge is 2.36. The normalized spacial score (nSPS) is 20.4. The molecule has 1 aromatic carbocycles. The zero-order valence-corrected chi connectivity index (χ0v) is 18.4. The summed E-state index contributed by atoms with van der Waals surface area (Å²) in [6.07, 6.45) is 1.62. The molecule has 3 heterocycles. The van der Waals surface area contributed by atoms with Gasteiger partial charge in [-0.15, -0.1) is 0 Å². The Morgan fingerprint density at radius 3 is 2.84 bits per heavy atom. The van der Waals surface area contributed by atoms with Crippen LogP contribution in [0.15, 0.2) is 18.2 Å². The number of carbonyl (C=O) groups excluding carboxylic acids is 2. The van der Waals surface area contributed by atoms with Gasteiger partial charge in [-0.1, -0.05) is 0 Å². The Kier molecular flexibility index (Phi) is 6.25. The van der Waals surface area contributed by atoms with Gasteiger partial charge in [-0.05, 0) is 38.0 Å². The fraction of sp³-hybridized carbons (Fsp3) is 0.478. The van der Waals surface area contributed by atoms with E-state index in [-0.39, 0.29) is 48.1 Å². The molecule has 0 unspecified atom stereocenters. The van der Waals surface area contributed by atoms with Crippen molar-refractivity contribution in [3.05, 3.63) is 40.8 Å². The van der Waals surface area contributed by atoms with Gasteiger partial charge in [0.2, 0.25) is 11.8 Å². The van der Waals surface area contributed by atoms with Crippen LogP contribution in [0.5, 0.6) is 17.6 Å². The van der Waals surface area contributed by atoms with Crippen LogP contribution in [0.2, 0.25) is 0 Å². The Morgan fingerprint density at radius 2 is 2.09 bits per heavy atom. The lowest BCUT2D eigenvalue weighted by atomic mass is 9.86. The number of methoxy groups -OCH3 is 2. The Bertz CT molecular complexity index is 1040. The van der Waals surface area contributed by atoms with Crippen LogP contribution in [0, 0.1) is 18.7 Å². The summed E-state index contributed by atoms with van der Waals surface area (Å²) >= 11 is 0. The highest BCUT2D eigenvalue weighted by Crippen LogP contribution is 2.34. The molecule has 0 radical (unpaired) electrons. The minimum absolute atomic E-state index is 0.0185. The second kappa shape index (κ2) is 9.10. The van der Waals surface area contributed by atoms with E-state index in [0.29, 0.717) is 36.0 Å². The summed E-state index contributed by atoms with van der Waals surface area (Å²) in [5, 5.41) is 0. The number of Topliss-reactive ketones (excluding diaryl/α,β-unsaturated/α-hetero) is 1. The van der Waals surface area contributed by atoms with Crippen molar-refractivity contribution < 1.29 is 28.2 Å². The number of amides is 1. The summed E-state index contributed by atoms with van der Waals surface area (Å²) in [5.74, 6) is 0.101. The van der Waals surface area contributed by atoms with Gasteiger partial charge < -0.3 is 19.1 Å². The molecule has 2 aliphatic rings. The summed E-state index contributed by atoms with van der Waals surface area (Å²) in [5.41, 5.74) is 1.54. The molecule has 0 aliphatic carbocycles. The van der Waals surface area contributed by atoms with Gasteiger partial charge in [0.25, 0.3) is 0 Å². The van der Waals surface area contributed by atoms with Crippen molar-refractivity contribution in [3.8, 4) is 17.6 Å². The number of rotatable bonds is 5. The van der Waals surface area contributed by atoms with Gasteiger partial charge in [-0.25, -0.2) is 9.37 Å². The Labute approximate surface area is 185 Å². The average Bonchev–Trinajstić information content (AvgIpc) is 2.80. The molecular formula is C23H26FN3O5. The van der Waals surface area contributed by atoms with Crippen molar-refractivity contribution in [3.63, 3.8) is 0 Å². The molecule has 2 aromatic rings. The minimum Gasteiger partial charge on any atom is -0.489 e. The van der Waals surface area contributed by atoms with E-state index in [1.807, 2.05) is 0 Å². The molecule has 1 fully saturated rings. The summed E-state index contributed by atoms with van der Waals surface area (Å²) in [7, 11) is 2.97.